The monoisotopic (exact) mass is 391 g/mol. The van der Waals surface area contributed by atoms with Crippen LogP contribution in [0.3, 0.4) is 0 Å². The van der Waals surface area contributed by atoms with Crippen LogP contribution in [0.2, 0.25) is 0 Å². The molecule has 0 radical (unpaired) electrons. The Kier molecular flexibility index (Phi) is 6.02. The van der Waals surface area contributed by atoms with Crippen molar-refractivity contribution in [3.8, 4) is 5.75 Å². The van der Waals surface area contributed by atoms with E-state index in [1.807, 2.05) is 6.07 Å². The fourth-order valence-electron chi connectivity index (χ4n) is 1.76. The van der Waals surface area contributed by atoms with Gasteiger partial charge in [-0.15, -0.1) is 0 Å². The number of rotatable bonds is 6. The first-order valence-corrected chi connectivity index (χ1v) is 7.75. The lowest BCUT2D eigenvalue weighted by molar-refractivity contribution is -0.384. The summed E-state index contributed by atoms with van der Waals surface area (Å²) < 4.78 is 6.28. The molecule has 0 fully saturated rings. The summed E-state index contributed by atoms with van der Waals surface area (Å²) in [5.41, 5.74) is 2.80. The Morgan fingerprint density at radius 1 is 1.33 bits per heavy atom. The number of para-hydroxylation sites is 1. The highest BCUT2D eigenvalue weighted by Gasteiger charge is 2.15. The molecule has 1 N–H and O–H groups in total. The molecule has 0 aromatic heterocycles. The van der Waals surface area contributed by atoms with Gasteiger partial charge in [-0.25, -0.2) is 5.43 Å². The van der Waals surface area contributed by atoms with E-state index in [4.69, 9.17) is 4.74 Å². The standard InChI is InChI=1S/C16H14BrN3O4/c1-11(24-15-8-3-2-7-14(15)17)16(21)19-18-10-12-5-4-6-13(9-12)20(22)23/h2-11H,1H3,(H,19,21)/b18-10-/t11-/m1/s1. The van der Waals surface area contributed by atoms with Crippen molar-refractivity contribution in [2.24, 2.45) is 5.10 Å². The van der Waals surface area contributed by atoms with Crippen LogP contribution >= 0.6 is 15.9 Å². The molecular weight excluding hydrogens is 378 g/mol. The molecule has 8 heteroatoms. The molecular formula is C16H14BrN3O4. The Morgan fingerprint density at radius 2 is 2.08 bits per heavy atom. The van der Waals surface area contributed by atoms with Crippen molar-refractivity contribution >= 4 is 33.7 Å². The van der Waals surface area contributed by atoms with Crippen LogP contribution in [-0.4, -0.2) is 23.1 Å². The summed E-state index contributed by atoms with van der Waals surface area (Å²) in [5, 5.41) is 14.5. The smallest absolute Gasteiger partial charge is 0.280 e. The van der Waals surface area contributed by atoms with Crippen molar-refractivity contribution in [2.45, 2.75) is 13.0 Å². The molecule has 7 nitrogen and oxygen atoms in total. The Balaban J connectivity index is 1.93. The van der Waals surface area contributed by atoms with Gasteiger partial charge in [0.1, 0.15) is 5.75 Å². The van der Waals surface area contributed by atoms with E-state index < -0.39 is 16.9 Å². The van der Waals surface area contributed by atoms with Gasteiger partial charge in [-0.05, 0) is 35.0 Å². The largest absolute Gasteiger partial charge is 0.480 e. The molecule has 0 aliphatic heterocycles. The van der Waals surface area contributed by atoms with Gasteiger partial charge in [0.15, 0.2) is 6.10 Å². The van der Waals surface area contributed by atoms with Gasteiger partial charge in [0.2, 0.25) is 0 Å². The van der Waals surface area contributed by atoms with Crippen molar-refractivity contribution in [2.75, 3.05) is 0 Å². The van der Waals surface area contributed by atoms with E-state index in [0.717, 1.165) is 4.47 Å². The number of nitrogens with zero attached hydrogens (tertiary/aromatic N) is 2. The van der Waals surface area contributed by atoms with E-state index >= 15 is 0 Å². The topological polar surface area (TPSA) is 93.8 Å². The number of hydrazone groups is 1. The van der Waals surface area contributed by atoms with E-state index in [1.54, 1.807) is 37.3 Å². The van der Waals surface area contributed by atoms with Crippen LogP contribution in [0.25, 0.3) is 0 Å². The zero-order chi connectivity index (χ0) is 17.5. The second-order valence-corrected chi connectivity index (χ2v) is 5.63. The maximum absolute atomic E-state index is 12.0. The van der Waals surface area contributed by atoms with Crippen LogP contribution in [0.1, 0.15) is 12.5 Å². The van der Waals surface area contributed by atoms with E-state index in [9.17, 15) is 14.9 Å². The summed E-state index contributed by atoms with van der Waals surface area (Å²) in [7, 11) is 0. The van der Waals surface area contributed by atoms with E-state index in [0.29, 0.717) is 11.3 Å². The minimum atomic E-state index is -0.758. The molecule has 0 aliphatic rings. The molecule has 0 bridgehead atoms. The Morgan fingerprint density at radius 3 is 2.79 bits per heavy atom. The van der Waals surface area contributed by atoms with Crippen molar-refractivity contribution in [1.29, 1.82) is 0 Å². The number of benzene rings is 2. The molecule has 0 saturated carbocycles. The number of amides is 1. The lowest BCUT2D eigenvalue weighted by Gasteiger charge is -2.13. The highest BCUT2D eigenvalue weighted by molar-refractivity contribution is 9.10. The third-order valence-corrected chi connectivity index (χ3v) is 3.63. The molecule has 2 aromatic carbocycles. The van der Waals surface area contributed by atoms with Crippen LogP contribution in [-0.2, 0) is 4.79 Å². The third-order valence-electron chi connectivity index (χ3n) is 2.98. The summed E-state index contributed by atoms with van der Waals surface area (Å²) >= 11 is 3.33. The second kappa shape index (κ2) is 8.21. The van der Waals surface area contributed by atoms with Gasteiger partial charge in [-0.3, -0.25) is 14.9 Å². The fraction of sp³-hybridized carbons (Fsp3) is 0.125. The van der Waals surface area contributed by atoms with Crippen LogP contribution in [0.15, 0.2) is 58.1 Å². The van der Waals surface area contributed by atoms with Gasteiger partial charge in [0, 0.05) is 17.7 Å². The minimum absolute atomic E-state index is 0.0455. The highest BCUT2D eigenvalue weighted by atomic mass is 79.9. The summed E-state index contributed by atoms with van der Waals surface area (Å²) in [6.07, 6.45) is 0.571. The molecule has 2 aromatic rings. The first kappa shape index (κ1) is 17.6. The average Bonchev–Trinajstić information content (AvgIpc) is 2.57. The zero-order valence-corrected chi connectivity index (χ0v) is 14.3. The third kappa shape index (κ3) is 4.88. The average molecular weight is 392 g/mol. The number of carbonyl (C=O) groups is 1. The number of hydrogen-bond donors (Lipinski definition) is 1. The molecule has 1 amide bonds. The molecule has 1 atom stereocenters. The first-order chi connectivity index (χ1) is 11.5. The molecule has 0 saturated heterocycles. The first-order valence-electron chi connectivity index (χ1n) is 6.96. The van der Waals surface area contributed by atoms with Crippen molar-refractivity contribution in [3.05, 3.63) is 68.7 Å². The van der Waals surface area contributed by atoms with Crippen LogP contribution in [0, 0.1) is 10.1 Å². The number of halogens is 1. The molecule has 0 spiro atoms. The summed E-state index contributed by atoms with van der Waals surface area (Å²) in [6, 6.07) is 13.1. The number of nitro benzene ring substituents is 1. The normalized spacial score (nSPS) is 11.9. The molecule has 0 unspecified atom stereocenters. The van der Waals surface area contributed by atoms with Gasteiger partial charge in [0.05, 0.1) is 15.6 Å². The van der Waals surface area contributed by atoms with E-state index in [1.165, 1.54) is 18.3 Å². The van der Waals surface area contributed by atoms with Crippen molar-refractivity contribution in [3.63, 3.8) is 0 Å². The molecule has 0 heterocycles. The Bertz CT molecular complexity index is 779. The predicted octanol–water partition coefficient (Wildman–Crippen LogP) is 3.27. The van der Waals surface area contributed by atoms with Crippen LogP contribution in [0.4, 0.5) is 5.69 Å². The quantitative estimate of drug-likeness (QED) is 0.464. The molecule has 2 rings (SSSR count). The number of nitro groups is 1. The van der Waals surface area contributed by atoms with E-state index in [-0.39, 0.29) is 5.69 Å². The molecule has 24 heavy (non-hydrogen) atoms. The molecule has 124 valence electrons. The minimum Gasteiger partial charge on any atom is -0.480 e. The van der Waals surface area contributed by atoms with Gasteiger partial charge in [0.25, 0.3) is 11.6 Å². The zero-order valence-electron chi connectivity index (χ0n) is 12.7. The SMILES string of the molecule is C[C@@H](Oc1ccccc1Br)C(=O)N/N=C\c1cccc([N+](=O)[O-])c1. The summed E-state index contributed by atoms with van der Waals surface area (Å²) in [6.45, 7) is 1.59. The fourth-order valence-corrected chi connectivity index (χ4v) is 2.14. The second-order valence-electron chi connectivity index (χ2n) is 4.78. The van der Waals surface area contributed by atoms with E-state index in [2.05, 4.69) is 26.5 Å². The lowest BCUT2D eigenvalue weighted by atomic mass is 10.2. The number of hydrogen-bond acceptors (Lipinski definition) is 5. The number of nitrogens with one attached hydrogen (secondary N) is 1. The van der Waals surface area contributed by atoms with Crippen molar-refractivity contribution < 1.29 is 14.5 Å². The van der Waals surface area contributed by atoms with Gasteiger partial charge in [-0.1, -0.05) is 24.3 Å². The number of ether oxygens (including phenoxy) is 1. The summed E-state index contributed by atoms with van der Waals surface area (Å²) in [5.74, 6) is 0.107. The van der Waals surface area contributed by atoms with Gasteiger partial charge < -0.3 is 4.74 Å². The Hall–Kier alpha value is -2.74. The van der Waals surface area contributed by atoms with Gasteiger partial charge >= 0.3 is 0 Å². The van der Waals surface area contributed by atoms with Crippen LogP contribution in [0.5, 0.6) is 5.75 Å². The maximum atomic E-state index is 12.0. The molecule has 0 aliphatic carbocycles. The summed E-state index contributed by atoms with van der Waals surface area (Å²) in [4.78, 5) is 22.2. The predicted molar refractivity (Wildman–Crippen MR) is 93.1 cm³/mol. The Labute approximate surface area is 146 Å². The number of non-ortho nitro benzene ring substituents is 1. The maximum Gasteiger partial charge on any atom is 0.280 e. The highest BCUT2D eigenvalue weighted by Crippen LogP contribution is 2.24. The van der Waals surface area contributed by atoms with Crippen molar-refractivity contribution in [1.82, 2.24) is 5.43 Å². The van der Waals surface area contributed by atoms with Gasteiger partial charge in [-0.2, -0.15) is 5.10 Å². The number of carbonyl (C=O) groups excluding carboxylic acids is 1. The lowest BCUT2D eigenvalue weighted by Crippen LogP contribution is -2.33. The van der Waals surface area contributed by atoms with Crippen LogP contribution < -0.4 is 10.2 Å².